The van der Waals surface area contributed by atoms with Crippen LogP contribution >= 0.6 is 11.3 Å². The molecule has 1 N–H and O–H groups in total. The monoisotopic (exact) mass is 432 g/mol. The number of rotatable bonds is 8. The van der Waals surface area contributed by atoms with Crippen LogP contribution in [0.15, 0.2) is 41.2 Å². The predicted octanol–water partition coefficient (Wildman–Crippen LogP) is 4.83. The Bertz CT molecular complexity index is 1030. The van der Waals surface area contributed by atoms with Crippen LogP contribution in [0.1, 0.15) is 37.7 Å². The normalized spacial score (nSPS) is 16.6. The summed E-state index contributed by atoms with van der Waals surface area (Å²) >= 11 is 1.71. The summed E-state index contributed by atoms with van der Waals surface area (Å²) in [6.07, 6.45) is 4.39. The Kier molecular flexibility index (Phi) is 6.39. The van der Waals surface area contributed by atoms with Crippen molar-refractivity contribution in [2.45, 2.75) is 32.1 Å². The van der Waals surface area contributed by atoms with Gasteiger partial charge in [0.05, 0.1) is 5.75 Å². The summed E-state index contributed by atoms with van der Waals surface area (Å²) < 4.78 is 32.1. The van der Waals surface area contributed by atoms with Gasteiger partial charge in [-0.25, -0.2) is 12.7 Å². The first-order valence-corrected chi connectivity index (χ1v) is 12.8. The number of H-pyrrole nitrogens is 1. The first kappa shape index (κ1) is 20.6. The van der Waals surface area contributed by atoms with Crippen molar-refractivity contribution in [1.29, 1.82) is 0 Å². The van der Waals surface area contributed by atoms with E-state index in [-0.39, 0.29) is 5.75 Å². The number of piperidine rings is 1. The lowest BCUT2D eigenvalue weighted by Crippen LogP contribution is -2.39. The van der Waals surface area contributed by atoms with Crippen LogP contribution < -0.4 is 0 Å². The second-order valence-corrected chi connectivity index (χ2v) is 10.4. The maximum absolute atomic E-state index is 12.6. The van der Waals surface area contributed by atoms with Crippen molar-refractivity contribution in [3.63, 3.8) is 0 Å². The zero-order chi connectivity index (χ0) is 20.3. The van der Waals surface area contributed by atoms with Crippen LogP contribution in [0.2, 0.25) is 0 Å². The molecule has 0 bridgehead atoms. The molecule has 5 nitrogen and oxygen atoms in total. The van der Waals surface area contributed by atoms with Crippen LogP contribution in [-0.4, -0.2) is 49.8 Å². The number of fused-ring (bicyclic) bond motifs is 1. The second kappa shape index (κ2) is 9.00. The molecule has 0 aliphatic carbocycles. The smallest absolute Gasteiger partial charge is 0.214 e. The Labute approximate surface area is 176 Å². The van der Waals surface area contributed by atoms with Crippen LogP contribution in [-0.2, 0) is 14.8 Å². The van der Waals surface area contributed by atoms with Crippen LogP contribution in [0.25, 0.3) is 22.0 Å². The molecule has 3 heterocycles. The van der Waals surface area contributed by atoms with Gasteiger partial charge in [0.1, 0.15) is 0 Å². The number of benzene rings is 1. The summed E-state index contributed by atoms with van der Waals surface area (Å²) in [5.41, 5.74) is 4.93. The molecule has 1 aromatic carbocycles. The van der Waals surface area contributed by atoms with Gasteiger partial charge in [0, 0.05) is 43.4 Å². The van der Waals surface area contributed by atoms with Crippen molar-refractivity contribution in [2.75, 3.05) is 32.1 Å². The molecule has 0 spiro atoms. The number of aromatic nitrogens is 1. The molecule has 7 heteroatoms. The molecule has 0 saturated carbocycles. The average Bonchev–Trinajstić information content (AvgIpc) is 3.41. The topological polar surface area (TPSA) is 62.4 Å². The van der Waals surface area contributed by atoms with E-state index < -0.39 is 10.0 Å². The molecule has 1 aliphatic heterocycles. The Morgan fingerprint density at radius 3 is 2.76 bits per heavy atom. The van der Waals surface area contributed by atoms with Gasteiger partial charge < -0.3 is 9.72 Å². The third kappa shape index (κ3) is 4.58. The maximum atomic E-state index is 12.6. The van der Waals surface area contributed by atoms with E-state index in [0.717, 1.165) is 18.4 Å². The van der Waals surface area contributed by atoms with E-state index in [4.69, 9.17) is 4.74 Å². The van der Waals surface area contributed by atoms with E-state index in [0.29, 0.717) is 38.6 Å². The molecule has 29 heavy (non-hydrogen) atoms. The summed E-state index contributed by atoms with van der Waals surface area (Å²) in [4.78, 5) is 3.40. The van der Waals surface area contributed by atoms with Crippen molar-refractivity contribution >= 4 is 32.3 Å². The number of hydrogen-bond acceptors (Lipinski definition) is 4. The number of ether oxygens (including phenoxy) is 1. The number of sulfonamides is 1. The Morgan fingerprint density at radius 2 is 2.03 bits per heavy atom. The fourth-order valence-electron chi connectivity index (χ4n) is 4.15. The zero-order valence-electron chi connectivity index (χ0n) is 16.8. The van der Waals surface area contributed by atoms with Gasteiger partial charge in [0.15, 0.2) is 0 Å². The van der Waals surface area contributed by atoms with E-state index in [1.165, 1.54) is 22.1 Å². The highest BCUT2D eigenvalue weighted by molar-refractivity contribution is 7.89. The third-order valence-electron chi connectivity index (χ3n) is 5.75. The maximum Gasteiger partial charge on any atom is 0.214 e. The molecule has 0 radical (unpaired) electrons. The molecule has 0 atom stereocenters. The lowest BCUT2D eigenvalue weighted by atomic mass is 9.89. The van der Waals surface area contributed by atoms with E-state index in [1.54, 1.807) is 15.6 Å². The van der Waals surface area contributed by atoms with Gasteiger partial charge in [0.25, 0.3) is 0 Å². The van der Waals surface area contributed by atoms with Gasteiger partial charge in [-0.15, -0.1) is 0 Å². The van der Waals surface area contributed by atoms with Gasteiger partial charge in [-0.3, -0.25) is 0 Å². The molecule has 4 rings (SSSR count). The highest BCUT2D eigenvalue weighted by atomic mass is 32.2. The first-order chi connectivity index (χ1) is 14.1. The average molecular weight is 433 g/mol. The van der Waals surface area contributed by atoms with Crippen molar-refractivity contribution in [3.8, 4) is 11.1 Å². The summed E-state index contributed by atoms with van der Waals surface area (Å²) in [6.45, 7) is 4.25. The van der Waals surface area contributed by atoms with Crippen molar-refractivity contribution in [1.82, 2.24) is 9.29 Å². The van der Waals surface area contributed by atoms with Gasteiger partial charge in [0.2, 0.25) is 10.0 Å². The fraction of sp³-hybridized carbons (Fsp3) is 0.455. The van der Waals surface area contributed by atoms with Gasteiger partial charge in [-0.2, -0.15) is 11.3 Å². The Morgan fingerprint density at radius 1 is 1.21 bits per heavy atom. The molecule has 3 aromatic rings. The van der Waals surface area contributed by atoms with Crippen molar-refractivity contribution in [3.05, 3.63) is 46.8 Å². The van der Waals surface area contributed by atoms with E-state index in [2.05, 4.69) is 46.2 Å². The van der Waals surface area contributed by atoms with Crippen LogP contribution in [0.4, 0.5) is 0 Å². The molecule has 1 aliphatic rings. The van der Waals surface area contributed by atoms with Crippen LogP contribution in [0.5, 0.6) is 0 Å². The van der Waals surface area contributed by atoms with E-state index in [9.17, 15) is 8.42 Å². The van der Waals surface area contributed by atoms with Gasteiger partial charge in [-0.05, 0) is 77.8 Å². The van der Waals surface area contributed by atoms with Gasteiger partial charge in [-0.1, -0.05) is 6.07 Å². The quantitative estimate of drug-likeness (QED) is 0.519. The fourth-order valence-corrected chi connectivity index (χ4v) is 6.32. The lowest BCUT2D eigenvalue weighted by molar-refractivity contribution is 0.148. The summed E-state index contributed by atoms with van der Waals surface area (Å²) in [7, 11) is -3.19. The van der Waals surface area contributed by atoms with Crippen LogP contribution in [0.3, 0.4) is 0 Å². The number of nitrogens with zero attached hydrogens (tertiary/aromatic N) is 1. The summed E-state index contributed by atoms with van der Waals surface area (Å²) in [5, 5.41) is 5.52. The Hall–Kier alpha value is -1.67. The SMILES string of the molecule is CCOCCCS(=O)(=O)N1CCC(c2c[nH]c3ccc(-c4ccsc4)cc23)CC1. The molecular weight excluding hydrogens is 404 g/mol. The lowest BCUT2D eigenvalue weighted by Gasteiger charge is -2.31. The minimum absolute atomic E-state index is 0.175. The predicted molar refractivity (Wildman–Crippen MR) is 120 cm³/mol. The van der Waals surface area contributed by atoms with E-state index >= 15 is 0 Å². The zero-order valence-corrected chi connectivity index (χ0v) is 18.4. The molecule has 0 amide bonds. The molecule has 0 unspecified atom stereocenters. The number of thiophene rings is 1. The largest absolute Gasteiger partial charge is 0.382 e. The first-order valence-electron chi connectivity index (χ1n) is 10.3. The summed E-state index contributed by atoms with van der Waals surface area (Å²) in [6, 6.07) is 8.71. The second-order valence-electron chi connectivity index (χ2n) is 7.56. The number of aromatic amines is 1. The highest BCUT2D eigenvalue weighted by Gasteiger charge is 2.29. The van der Waals surface area contributed by atoms with Gasteiger partial charge >= 0.3 is 0 Å². The van der Waals surface area contributed by atoms with E-state index in [1.807, 2.05) is 6.92 Å². The summed E-state index contributed by atoms with van der Waals surface area (Å²) in [5.74, 6) is 0.561. The standard InChI is InChI=1S/C22H28N2O3S2/c1-2-27-11-3-13-29(25,26)24-9-6-17(7-10-24)21-15-23-22-5-4-18(14-20(21)22)19-8-12-28-16-19/h4-5,8,12,14-17,23H,2-3,6-7,9-11,13H2,1H3. The third-order valence-corrected chi connectivity index (χ3v) is 8.39. The van der Waals surface area contributed by atoms with Crippen molar-refractivity contribution < 1.29 is 13.2 Å². The highest BCUT2D eigenvalue weighted by Crippen LogP contribution is 2.36. The molecule has 1 saturated heterocycles. The molecular formula is C22H28N2O3S2. The molecule has 156 valence electrons. The van der Waals surface area contributed by atoms with Crippen molar-refractivity contribution in [2.24, 2.45) is 0 Å². The number of nitrogens with one attached hydrogen (secondary N) is 1. The van der Waals surface area contributed by atoms with Crippen LogP contribution in [0, 0.1) is 0 Å². The minimum Gasteiger partial charge on any atom is -0.382 e. The Balaban J connectivity index is 1.44. The number of hydrogen-bond donors (Lipinski definition) is 1. The molecule has 2 aromatic heterocycles. The molecule has 1 fully saturated rings. The minimum atomic E-state index is -3.19.